The second-order valence-electron chi connectivity index (χ2n) is 6.36. The van der Waals surface area contributed by atoms with Crippen LogP contribution in [0.5, 0.6) is 0 Å². The number of likely N-dealkylation sites (tertiary alicyclic amines) is 1. The first kappa shape index (κ1) is 16.6. The Labute approximate surface area is 142 Å². The van der Waals surface area contributed by atoms with Crippen LogP contribution in [-0.2, 0) is 11.2 Å². The highest BCUT2D eigenvalue weighted by Gasteiger charge is 2.32. The number of nitrogens with zero attached hydrogens (tertiary/aromatic N) is 3. The molecule has 126 valence electrons. The molecule has 2 aromatic rings. The van der Waals surface area contributed by atoms with E-state index in [2.05, 4.69) is 41.2 Å². The van der Waals surface area contributed by atoms with Crippen LogP contribution in [-0.4, -0.2) is 47.1 Å². The molecule has 0 spiro atoms. The van der Waals surface area contributed by atoms with Gasteiger partial charge in [0.25, 0.3) is 5.91 Å². The number of rotatable bonds is 4. The molecule has 0 radical (unpaired) electrons. The normalized spacial score (nSPS) is 20.8. The average molecular weight is 325 g/mol. The molecule has 3 rings (SSSR count). The molecular formula is C19H23N3O2. The maximum absolute atomic E-state index is 12.6. The number of methoxy groups -OCH3 is 1. The first-order valence-corrected chi connectivity index (χ1v) is 8.31. The third-order valence-corrected chi connectivity index (χ3v) is 4.64. The van der Waals surface area contributed by atoms with E-state index >= 15 is 0 Å². The molecule has 0 saturated carbocycles. The molecule has 1 saturated heterocycles. The van der Waals surface area contributed by atoms with Gasteiger partial charge in [-0.1, -0.05) is 29.8 Å². The Morgan fingerprint density at radius 2 is 2.25 bits per heavy atom. The molecular weight excluding hydrogens is 302 g/mol. The zero-order chi connectivity index (χ0) is 16.9. The van der Waals surface area contributed by atoms with Gasteiger partial charge < -0.3 is 9.64 Å². The summed E-state index contributed by atoms with van der Waals surface area (Å²) in [5.74, 6) is 0.262. The molecule has 1 fully saturated rings. The van der Waals surface area contributed by atoms with Gasteiger partial charge in [-0.2, -0.15) is 0 Å². The molecule has 0 aliphatic carbocycles. The summed E-state index contributed by atoms with van der Waals surface area (Å²) in [6.07, 6.45) is 4.96. The minimum atomic E-state index is -0.0267. The first-order valence-electron chi connectivity index (χ1n) is 8.31. The van der Waals surface area contributed by atoms with Crippen molar-refractivity contribution in [2.24, 2.45) is 5.92 Å². The second kappa shape index (κ2) is 7.53. The smallest absolute Gasteiger partial charge is 0.272 e. The van der Waals surface area contributed by atoms with Gasteiger partial charge in [-0.3, -0.25) is 4.79 Å². The summed E-state index contributed by atoms with van der Waals surface area (Å²) in [6.45, 7) is 3.49. The SMILES string of the molecule is CO[C@H]1CCN(C(=O)c2ccncn2)C[C@H]1Cc1cccc(C)c1. The van der Waals surface area contributed by atoms with E-state index in [9.17, 15) is 4.79 Å². The van der Waals surface area contributed by atoms with Crippen LogP contribution in [0, 0.1) is 12.8 Å². The highest BCUT2D eigenvalue weighted by molar-refractivity contribution is 5.92. The molecule has 2 atom stereocenters. The van der Waals surface area contributed by atoms with Gasteiger partial charge in [0.2, 0.25) is 0 Å². The lowest BCUT2D eigenvalue weighted by Crippen LogP contribution is -2.47. The topological polar surface area (TPSA) is 55.3 Å². The van der Waals surface area contributed by atoms with Crippen LogP contribution in [0.15, 0.2) is 42.9 Å². The Morgan fingerprint density at radius 1 is 1.38 bits per heavy atom. The van der Waals surface area contributed by atoms with Gasteiger partial charge in [0.05, 0.1) is 6.10 Å². The maximum Gasteiger partial charge on any atom is 0.272 e. The highest BCUT2D eigenvalue weighted by Crippen LogP contribution is 2.25. The van der Waals surface area contributed by atoms with Crippen LogP contribution in [0.2, 0.25) is 0 Å². The van der Waals surface area contributed by atoms with Gasteiger partial charge in [-0.15, -0.1) is 0 Å². The van der Waals surface area contributed by atoms with Crippen molar-refractivity contribution in [3.05, 3.63) is 59.7 Å². The van der Waals surface area contributed by atoms with E-state index < -0.39 is 0 Å². The predicted octanol–water partition coefficient (Wildman–Crippen LogP) is 2.50. The molecule has 0 bridgehead atoms. The van der Waals surface area contributed by atoms with E-state index in [0.717, 1.165) is 12.8 Å². The Morgan fingerprint density at radius 3 is 2.96 bits per heavy atom. The third kappa shape index (κ3) is 3.79. The number of benzene rings is 1. The summed E-state index contributed by atoms with van der Waals surface area (Å²) >= 11 is 0. The second-order valence-corrected chi connectivity index (χ2v) is 6.36. The molecule has 1 amide bonds. The van der Waals surface area contributed by atoms with Crippen molar-refractivity contribution < 1.29 is 9.53 Å². The van der Waals surface area contributed by atoms with E-state index in [4.69, 9.17) is 4.74 Å². The zero-order valence-electron chi connectivity index (χ0n) is 14.2. The minimum Gasteiger partial charge on any atom is -0.381 e. The molecule has 1 aromatic heterocycles. The fourth-order valence-electron chi connectivity index (χ4n) is 3.42. The van der Waals surface area contributed by atoms with Crippen LogP contribution in [0.4, 0.5) is 0 Å². The Balaban J connectivity index is 1.73. The lowest BCUT2D eigenvalue weighted by molar-refractivity contribution is -0.00318. The third-order valence-electron chi connectivity index (χ3n) is 4.64. The largest absolute Gasteiger partial charge is 0.381 e. The van der Waals surface area contributed by atoms with E-state index in [-0.39, 0.29) is 17.9 Å². The minimum absolute atomic E-state index is 0.0267. The molecule has 1 aliphatic heterocycles. The number of ether oxygens (including phenoxy) is 1. The lowest BCUT2D eigenvalue weighted by atomic mass is 9.88. The average Bonchev–Trinajstić information content (AvgIpc) is 2.62. The molecule has 1 aliphatic rings. The van der Waals surface area contributed by atoms with Gasteiger partial charge in [-0.25, -0.2) is 9.97 Å². The summed E-state index contributed by atoms with van der Waals surface area (Å²) in [6, 6.07) is 10.2. The van der Waals surface area contributed by atoms with E-state index in [1.54, 1.807) is 19.4 Å². The fourth-order valence-corrected chi connectivity index (χ4v) is 3.42. The molecule has 5 heteroatoms. The fraction of sp³-hybridized carbons (Fsp3) is 0.421. The van der Waals surface area contributed by atoms with Crippen molar-refractivity contribution in [2.45, 2.75) is 25.9 Å². The molecule has 0 N–H and O–H groups in total. The van der Waals surface area contributed by atoms with Crippen molar-refractivity contribution >= 4 is 5.91 Å². The van der Waals surface area contributed by atoms with Gasteiger partial charge in [0.15, 0.2) is 0 Å². The Kier molecular flexibility index (Phi) is 5.20. The maximum atomic E-state index is 12.6. The zero-order valence-corrected chi connectivity index (χ0v) is 14.2. The van der Waals surface area contributed by atoms with Crippen molar-refractivity contribution in [3.63, 3.8) is 0 Å². The summed E-state index contributed by atoms with van der Waals surface area (Å²) in [7, 11) is 1.76. The molecule has 2 heterocycles. The van der Waals surface area contributed by atoms with Crippen molar-refractivity contribution in [1.29, 1.82) is 0 Å². The Bertz CT molecular complexity index is 690. The number of carbonyl (C=O) groups excluding carboxylic acids is 1. The lowest BCUT2D eigenvalue weighted by Gasteiger charge is -2.38. The monoisotopic (exact) mass is 325 g/mol. The Hall–Kier alpha value is -2.27. The molecule has 5 nitrogen and oxygen atoms in total. The van der Waals surface area contributed by atoms with Crippen LogP contribution in [0.1, 0.15) is 28.0 Å². The number of carbonyl (C=O) groups is 1. The standard InChI is InChI=1S/C19H23N3O2/c1-14-4-3-5-15(10-14)11-16-12-22(9-7-18(16)24-2)19(23)17-6-8-20-13-21-17/h3-6,8,10,13,16,18H,7,9,11-12H2,1-2H3/t16-,18+/m1/s1. The van der Waals surface area contributed by atoms with Gasteiger partial charge >= 0.3 is 0 Å². The van der Waals surface area contributed by atoms with Gasteiger partial charge in [-0.05, 0) is 31.4 Å². The van der Waals surface area contributed by atoms with Crippen LogP contribution in [0.25, 0.3) is 0 Å². The first-order chi connectivity index (χ1) is 11.7. The van der Waals surface area contributed by atoms with E-state index in [1.165, 1.54) is 17.5 Å². The summed E-state index contributed by atoms with van der Waals surface area (Å²) in [5.41, 5.74) is 3.00. The number of piperidine rings is 1. The molecule has 0 unspecified atom stereocenters. The van der Waals surface area contributed by atoms with Crippen LogP contribution in [0.3, 0.4) is 0 Å². The molecule has 1 aromatic carbocycles. The number of hydrogen-bond acceptors (Lipinski definition) is 4. The van der Waals surface area contributed by atoms with Gasteiger partial charge in [0, 0.05) is 32.3 Å². The number of amides is 1. The quantitative estimate of drug-likeness (QED) is 0.867. The van der Waals surface area contributed by atoms with Crippen molar-refractivity contribution in [2.75, 3.05) is 20.2 Å². The van der Waals surface area contributed by atoms with Crippen molar-refractivity contribution in [1.82, 2.24) is 14.9 Å². The van der Waals surface area contributed by atoms with Crippen LogP contribution >= 0.6 is 0 Å². The van der Waals surface area contributed by atoms with Crippen LogP contribution < -0.4 is 0 Å². The van der Waals surface area contributed by atoms with E-state index in [1.807, 2.05) is 4.90 Å². The summed E-state index contributed by atoms with van der Waals surface area (Å²) in [5, 5.41) is 0. The van der Waals surface area contributed by atoms with Gasteiger partial charge in [0.1, 0.15) is 12.0 Å². The number of aromatic nitrogens is 2. The summed E-state index contributed by atoms with van der Waals surface area (Å²) in [4.78, 5) is 22.5. The number of aryl methyl sites for hydroxylation is 1. The predicted molar refractivity (Wildman–Crippen MR) is 91.7 cm³/mol. The van der Waals surface area contributed by atoms with Crippen molar-refractivity contribution in [3.8, 4) is 0 Å². The highest BCUT2D eigenvalue weighted by atomic mass is 16.5. The van der Waals surface area contributed by atoms with E-state index in [0.29, 0.717) is 18.8 Å². The summed E-state index contributed by atoms with van der Waals surface area (Å²) < 4.78 is 5.68. The molecule has 24 heavy (non-hydrogen) atoms. The number of hydrogen-bond donors (Lipinski definition) is 0.